The van der Waals surface area contributed by atoms with E-state index in [-0.39, 0.29) is 5.69 Å². The molecule has 0 spiro atoms. The molecule has 2 aromatic carbocycles. The van der Waals surface area contributed by atoms with Crippen molar-refractivity contribution in [3.8, 4) is 6.07 Å². The maximum absolute atomic E-state index is 11.2. The topological polar surface area (TPSA) is 84.5 Å². The van der Waals surface area contributed by atoms with E-state index in [1.165, 1.54) is 0 Å². The lowest BCUT2D eigenvalue weighted by Gasteiger charge is -2.06. The fraction of sp³-hybridized carbons (Fsp3) is 0.0667. The summed E-state index contributed by atoms with van der Waals surface area (Å²) in [5.74, 6) is 0. The van der Waals surface area contributed by atoms with Gasteiger partial charge in [0.1, 0.15) is 0 Å². The molecule has 0 saturated heterocycles. The molecule has 0 amide bonds. The van der Waals surface area contributed by atoms with Gasteiger partial charge in [-0.15, -0.1) is 0 Å². The summed E-state index contributed by atoms with van der Waals surface area (Å²) in [6.45, 7) is 0.659. The Kier molecular flexibility index (Phi) is 2.98. The van der Waals surface area contributed by atoms with Gasteiger partial charge in [-0.25, -0.2) is 4.79 Å². The summed E-state index contributed by atoms with van der Waals surface area (Å²) in [5, 5.41) is 12.0. The monoisotopic (exact) mass is 264 g/mol. The maximum atomic E-state index is 11.2. The van der Waals surface area contributed by atoms with E-state index in [0.29, 0.717) is 12.1 Å². The number of hydrogen-bond acceptors (Lipinski definition) is 3. The molecule has 0 aliphatic heterocycles. The Morgan fingerprint density at radius 2 is 1.80 bits per heavy atom. The van der Waals surface area contributed by atoms with Crippen LogP contribution in [0.15, 0.2) is 47.3 Å². The molecule has 0 fully saturated rings. The van der Waals surface area contributed by atoms with E-state index < -0.39 is 0 Å². The first-order valence-electron chi connectivity index (χ1n) is 6.19. The van der Waals surface area contributed by atoms with Crippen molar-refractivity contribution in [1.82, 2.24) is 9.97 Å². The fourth-order valence-electron chi connectivity index (χ4n) is 2.04. The third kappa shape index (κ3) is 2.40. The number of benzene rings is 2. The SMILES string of the molecule is N#Cc1ccc(CNc2ccc3[nH]c(=O)[nH]c3c2)cc1. The van der Waals surface area contributed by atoms with Gasteiger partial charge in [-0.2, -0.15) is 5.26 Å². The number of nitriles is 1. The summed E-state index contributed by atoms with van der Waals surface area (Å²) in [6, 6.07) is 15.2. The lowest BCUT2D eigenvalue weighted by atomic mass is 10.1. The van der Waals surface area contributed by atoms with Crippen LogP contribution in [0.2, 0.25) is 0 Å². The predicted molar refractivity (Wildman–Crippen MR) is 77.4 cm³/mol. The van der Waals surface area contributed by atoms with E-state index in [2.05, 4.69) is 21.4 Å². The maximum Gasteiger partial charge on any atom is 0.323 e. The fourth-order valence-corrected chi connectivity index (χ4v) is 2.04. The molecule has 0 radical (unpaired) electrons. The second-order valence-electron chi connectivity index (χ2n) is 4.50. The number of imidazole rings is 1. The van der Waals surface area contributed by atoms with E-state index in [1.807, 2.05) is 30.3 Å². The molecular weight excluding hydrogens is 252 g/mol. The van der Waals surface area contributed by atoms with Crippen molar-refractivity contribution in [2.75, 3.05) is 5.32 Å². The van der Waals surface area contributed by atoms with Crippen LogP contribution in [-0.4, -0.2) is 9.97 Å². The van der Waals surface area contributed by atoms with E-state index in [4.69, 9.17) is 5.26 Å². The van der Waals surface area contributed by atoms with Crippen LogP contribution >= 0.6 is 0 Å². The van der Waals surface area contributed by atoms with E-state index >= 15 is 0 Å². The van der Waals surface area contributed by atoms with Crippen molar-refractivity contribution in [2.45, 2.75) is 6.54 Å². The number of aromatic nitrogens is 2. The first-order chi connectivity index (χ1) is 9.74. The van der Waals surface area contributed by atoms with Crippen LogP contribution in [0.25, 0.3) is 11.0 Å². The van der Waals surface area contributed by atoms with Crippen LogP contribution in [0.4, 0.5) is 5.69 Å². The van der Waals surface area contributed by atoms with Crippen LogP contribution in [-0.2, 0) is 6.54 Å². The lowest BCUT2D eigenvalue weighted by molar-refractivity contribution is 1.15. The number of rotatable bonds is 3. The van der Waals surface area contributed by atoms with Gasteiger partial charge in [-0.1, -0.05) is 12.1 Å². The largest absolute Gasteiger partial charge is 0.381 e. The van der Waals surface area contributed by atoms with Crippen molar-refractivity contribution in [3.05, 3.63) is 64.1 Å². The van der Waals surface area contributed by atoms with Crippen molar-refractivity contribution in [2.24, 2.45) is 0 Å². The van der Waals surface area contributed by atoms with E-state index in [9.17, 15) is 4.79 Å². The van der Waals surface area contributed by atoms with Crippen molar-refractivity contribution < 1.29 is 0 Å². The summed E-state index contributed by atoms with van der Waals surface area (Å²) in [5.41, 5.74) is 4.03. The zero-order chi connectivity index (χ0) is 13.9. The highest BCUT2D eigenvalue weighted by Crippen LogP contribution is 2.15. The minimum absolute atomic E-state index is 0.204. The molecule has 1 aromatic heterocycles. The molecule has 5 heteroatoms. The molecule has 1 heterocycles. The first-order valence-corrected chi connectivity index (χ1v) is 6.19. The van der Waals surface area contributed by atoms with Crippen molar-refractivity contribution in [3.63, 3.8) is 0 Å². The predicted octanol–water partition coefficient (Wildman–Crippen LogP) is 2.34. The number of aromatic amines is 2. The minimum atomic E-state index is -0.204. The minimum Gasteiger partial charge on any atom is -0.381 e. The molecule has 3 N–H and O–H groups in total. The molecule has 98 valence electrons. The second-order valence-corrected chi connectivity index (χ2v) is 4.50. The molecule has 0 bridgehead atoms. The number of hydrogen-bond donors (Lipinski definition) is 3. The van der Waals surface area contributed by atoms with Gasteiger partial charge in [0.05, 0.1) is 22.7 Å². The quantitative estimate of drug-likeness (QED) is 0.678. The standard InChI is InChI=1S/C15H12N4O/c16-8-10-1-3-11(4-2-10)9-17-12-5-6-13-14(7-12)19-15(20)18-13/h1-7,17H,9H2,(H2,18,19,20). The smallest absolute Gasteiger partial charge is 0.323 e. The molecule has 5 nitrogen and oxygen atoms in total. The summed E-state index contributed by atoms with van der Waals surface area (Å²) in [6.07, 6.45) is 0. The summed E-state index contributed by atoms with van der Waals surface area (Å²) >= 11 is 0. The van der Waals surface area contributed by atoms with Gasteiger partial charge in [-0.05, 0) is 35.9 Å². The summed E-state index contributed by atoms with van der Waals surface area (Å²) in [4.78, 5) is 16.6. The van der Waals surface area contributed by atoms with Crippen LogP contribution in [0, 0.1) is 11.3 Å². The van der Waals surface area contributed by atoms with E-state index in [1.54, 1.807) is 12.1 Å². The van der Waals surface area contributed by atoms with Gasteiger partial charge < -0.3 is 15.3 Å². The number of fused-ring (bicyclic) bond motifs is 1. The zero-order valence-electron chi connectivity index (χ0n) is 10.6. The summed E-state index contributed by atoms with van der Waals surface area (Å²) < 4.78 is 0. The molecule has 0 saturated carbocycles. The first kappa shape index (κ1) is 12.1. The molecule has 0 aliphatic carbocycles. The molecular formula is C15H12N4O. The van der Waals surface area contributed by atoms with Crippen molar-refractivity contribution in [1.29, 1.82) is 5.26 Å². The van der Waals surface area contributed by atoms with Gasteiger partial charge in [0.2, 0.25) is 0 Å². The number of anilines is 1. The molecule has 0 atom stereocenters. The Morgan fingerprint density at radius 3 is 2.55 bits per heavy atom. The second kappa shape index (κ2) is 4.94. The zero-order valence-corrected chi connectivity index (χ0v) is 10.6. The van der Waals surface area contributed by atoms with Gasteiger partial charge in [-0.3, -0.25) is 0 Å². The molecule has 0 aliphatic rings. The molecule has 20 heavy (non-hydrogen) atoms. The third-order valence-electron chi connectivity index (χ3n) is 3.10. The Hall–Kier alpha value is -3.00. The third-order valence-corrected chi connectivity index (χ3v) is 3.10. The Bertz CT molecular complexity index is 837. The molecule has 0 unspecified atom stereocenters. The Labute approximate surface area is 114 Å². The highest BCUT2D eigenvalue weighted by molar-refractivity contribution is 5.78. The average molecular weight is 264 g/mol. The van der Waals surface area contributed by atoms with Gasteiger partial charge in [0.15, 0.2) is 0 Å². The van der Waals surface area contributed by atoms with Gasteiger partial charge >= 0.3 is 5.69 Å². The van der Waals surface area contributed by atoms with Crippen LogP contribution in [0.5, 0.6) is 0 Å². The number of H-pyrrole nitrogens is 2. The van der Waals surface area contributed by atoms with Crippen molar-refractivity contribution >= 4 is 16.7 Å². The van der Waals surface area contributed by atoms with Gasteiger partial charge in [0.25, 0.3) is 0 Å². The van der Waals surface area contributed by atoms with Gasteiger partial charge in [0, 0.05) is 12.2 Å². The average Bonchev–Trinajstić information content (AvgIpc) is 2.85. The molecule has 3 rings (SSSR count). The van der Waals surface area contributed by atoms with Crippen LogP contribution < -0.4 is 11.0 Å². The van der Waals surface area contributed by atoms with Crippen LogP contribution in [0.1, 0.15) is 11.1 Å². The summed E-state index contributed by atoms with van der Waals surface area (Å²) in [7, 11) is 0. The Morgan fingerprint density at radius 1 is 1.05 bits per heavy atom. The highest BCUT2D eigenvalue weighted by Gasteiger charge is 2.00. The number of nitrogens with zero attached hydrogens (tertiary/aromatic N) is 1. The van der Waals surface area contributed by atoms with Crippen LogP contribution in [0.3, 0.4) is 0 Å². The highest BCUT2D eigenvalue weighted by atomic mass is 16.1. The normalized spacial score (nSPS) is 10.3. The lowest BCUT2D eigenvalue weighted by Crippen LogP contribution is -1.99. The number of nitrogens with one attached hydrogen (secondary N) is 3. The molecule has 3 aromatic rings. The Balaban J connectivity index is 1.75. The van der Waals surface area contributed by atoms with E-state index in [0.717, 1.165) is 22.3 Å².